The van der Waals surface area contributed by atoms with Crippen LogP contribution in [0.4, 0.5) is 0 Å². The zero-order valence-electron chi connectivity index (χ0n) is 30.6. The van der Waals surface area contributed by atoms with E-state index in [1.165, 1.54) is 26.4 Å². The molecule has 0 radical (unpaired) electrons. The number of rotatable bonds is 12. The zero-order valence-corrected chi connectivity index (χ0v) is 30.6. The molecule has 2 aliphatic rings. The van der Waals surface area contributed by atoms with Crippen molar-refractivity contribution in [1.82, 2.24) is 21.3 Å². The van der Waals surface area contributed by atoms with Crippen molar-refractivity contribution in [2.24, 2.45) is 11.5 Å². The van der Waals surface area contributed by atoms with E-state index in [-0.39, 0.29) is 69.0 Å². The maximum atomic E-state index is 13.6. The van der Waals surface area contributed by atoms with E-state index in [1.807, 2.05) is 0 Å². The van der Waals surface area contributed by atoms with Crippen LogP contribution in [0.5, 0.6) is 34.5 Å². The topological polar surface area (TPSA) is 302 Å². The number of hydrogen-bond acceptors (Lipinski definition) is 12. The van der Waals surface area contributed by atoms with Crippen molar-refractivity contribution in [3.63, 3.8) is 0 Å². The monoisotopic (exact) mass is 776 g/mol. The van der Waals surface area contributed by atoms with Gasteiger partial charge in [-0.1, -0.05) is 0 Å². The Balaban J connectivity index is 1.16. The Morgan fingerprint density at radius 3 is 0.964 bits per heavy atom. The van der Waals surface area contributed by atoms with E-state index >= 15 is 0 Å². The number of aromatic hydroxyl groups is 4. The molecule has 0 heterocycles. The van der Waals surface area contributed by atoms with Gasteiger partial charge in [0.25, 0.3) is 35.4 Å². The summed E-state index contributed by atoms with van der Waals surface area (Å²) in [7, 11) is 2.77. The average molecular weight is 777 g/mol. The van der Waals surface area contributed by atoms with Gasteiger partial charge in [-0.2, -0.15) is 0 Å². The first-order valence-corrected chi connectivity index (χ1v) is 17.8. The molecule has 2 saturated carbocycles. The molecule has 0 spiro atoms. The number of phenolic OH excluding ortho intramolecular Hbond substituents is 2. The normalized spacial score (nSPS) is 19.2. The van der Waals surface area contributed by atoms with Crippen molar-refractivity contribution in [3.8, 4) is 34.5 Å². The largest absolute Gasteiger partial charge is 0.507 e. The molecule has 0 bridgehead atoms. The summed E-state index contributed by atoms with van der Waals surface area (Å²) in [6, 6.07) is 5.49. The summed E-state index contributed by atoms with van der Waals surface area (Å²) in [4.78, 5) is 76.1. The van der Waals surface area contributed by atoms with Crippen molar-refractivity contribution in [2.45, 2.75) is 75.5 Å². The number of hydrogen-bond donors (Lipinski definition) is 10. The number of carbonyl (C=O) groups is 6. The third kappa shape index (κ3) is 9.14. The van der Waals surface area contributed by atoms with E-state index in [0.29, 0.717) is 51.4 Å². The molecule has 2 fully saturated rings. The Bertz CT molecular complexity index is 1910. The first-order chi connectivity index (χ1) is 26.6. The van der Waals surface area contributed by atoms with Gasteiger partial charge >= 0.3 is 0 Å². The van der Waals surface area contributed by atoms with Crippen LogP contribution in [-0.4, -0.2) is 94.3 Å². The van der Waals surface area contributed by atoms with Crippen LogP contribution in [0.25, 0.3) is 0 Å². The summed E-state index contributed by atoms with van der Waals surface area (Å²) in [6.07, 6.45) is 3.88. The summed E-state index contributed by atoms with van der Waals surface area (Å²) in [5, 5.41) is 51.5. The third-order valence-corrected chi connectivity index (χ3v) is 10.1. The minimum Gasteiger partial charge on any atom is -0.507 e. The van der Waals surface area contributed by atoms with Crippen molar-refractivity contribution in [3.05, 3.63) is 69.8 Å². The molecule has 0 unspecified atom stereocenters. The summed E-state index contributed by atoms with van der Waals surface area (Å²) in [5.74, 6) is -5.97. The van der Waals surface area contributed by atoms with Crippen LogP contribution in [0.2, 0.25) is 0 Å². The predicted molar refractivity (Wildman–Crippen MR) is 198 cm³/mol. The quantitative estimate of drug-likeness (QED) is 0.126. The van der Waals surface area contributed by atoms with E-state index in [4.69, 9.17) is 20.9 Å². The number of nitrogens with two attached hydrogens (primary N) is 2. The van der Waals surface area contributed by atoms with Crippen molar-refractivity contribution in [2.75, 3.05) is 14.2 Å². The molecule has 0 saturated heterocycles. The molecular formula is C38H44N6O12. The summed E-state index contributed by atoms with van der Waals surface area (Å²) < 4.78 is 10.9. The summed E-state index contributed by atoms with van der Waals surface area (Å²) in [6.45, 7) is 0. The van der Waals surface area contributed by atoms with Crippen LogP contribution >= 0.6 is 0 Å². The molecule has 56 heavy (non-hydrogen) atoms. The van der Waals surface area contributed by atoms with E-state index in [1.54, 1.807) is 0 Å². The molecule has 0 aromatic heterocycles. The average Bonchev–Trinajstić information content (AvgIpc) is 3.15. The Kier molecular flexibility index (Phi) is 12.4. The molecule has 18 nitrogen and oxygen atoms in total. The lowest BCUT2D eigenvalue weighted by Gasteiger charge is -2.30. The smallest absolute Gasteiger partial charge is 0.255 e. The Morgan fingerprint density at radius 2 is 0.696 bits per heavy atom. The lowest BCUT2D eigenvalue weighted by Crippen LogP contribution is -2.44. The first kappa shape index (κ1) is 40.5. The molecule has 0 aliphatic heterocycles. The standard InChI is InChI=1S/C38H44N6O12/c1-55-31-16-32(56-2)26(38(54)44-20-9-5-18(6-10-20)42-36(52)24-12-22(34(40)50)28(46)15-30(24)48)13-25(31)37(53)43-19-7-3-17(4-8-19)41-35(51)23-11-21(33(39)49)27(45)14-29(23)47/h11-20,45-48H,3-10H2,1-2H3,(H2,39,49)(H2,40,50)(H,41,51)(H,42,52)(H,43,53)(H,44,54). The van der Waals surface area contributed by atoms with Gasteiger partial charge in [-0.25, -0.2) is 0 Å². The van der Waals surface area contributed by atoms with E-state index in [0.717, 1.165) is 24.3 Å². The SMILES string of the molecule is COc1cc(OC)c(C(=O)NC2CCC(NC(=O)c3cc(C(N)=O)c(O)cc3O)CC2)cc1C(=O)NC1CCC(NC(=O)c2cc(C(N)=O)c(O)cc2O)CC1. The maximum absolute atomic E-state index is 13.6. The fourth-order valence-electron chi connectivity index (χ4n) is 6.98. The van der Waals surface area contributed by atoms with E-state index < -0.39 is 58.4 Å². The van der Waals surface area contributed by atoms with Gasteiger partial charge < -0.3 is 62.6 Å². The lowest BCUT2D eigenvalue weighted by molar-refractivity contribution is 0.0883. The highest BCUT2D eigenvalue weighted by Gasteiger charge is 2.30. The van der Waals surface area contributed by atoms with E-state index in [9.17, 15) is 49.2 Å². The minimum atomic E-state index is -0.961. The highest BCUT2D eigenvalue weighted by Crippen LogP contribution is 2.32. The number of methoxy groups -OCH3 is 2. The molecule has 12 N–H and O–H groups in total. The number of phenols is 4. The molecule has 3 aromatic rings. The Morgan fingerprint density at radius 1 is 0.446 bits per heavy atom. The third-order valence-electron chi connectivity index (χ3n) is 10.1. The number of amides is 6. The van der Waals surface area contributed by atoms with Gasteiger partial charge in [0.2, 0.25) is 0 Å². The van der Waals surface area contributed by atoms with E-state index in [2.05, 4.69) is 21.3 Å². The molecule has 2 aliphatic carbocycles. The second-order valence-corrected chi connectivity index (χ2v) is 13.7. The van der Waals surface area contributed by atoms with Crippen LogP contribution in [0.3, 0.4) is 0 Å². The lowest BCUT2D eigenvalue weighted by atomic mass is 9.90. The van der Waals surface area contributed by atoms with Crippen LogP contribution in [0.1, 0.15) is 114 Å². The molecule has 18 heteroatoms. The maximum Gasteiger partial charge on any atom is 0.255 e. The summed E-state index contributed by atoms with van der Waals surface area (Å²) in [5.41, 5.74) is 9.65. The van der Waals surface area contributed by atoms with Crippen molar-refractivity contribution >= 4 is 35.4 Å². The van der Waals surface area contributed by atoms with Gasteiger partial charge in [-0.3, -0.25) is 28.8 Å². The fraction of sp³-hybridized carbons (Fsp3) is 0.368. The second kappa shape index (κ2) is 17.2. The summed E-state index contributed by atoms with van der Waals surface area (Å²) >= 11 is 0. The molecule has 6 amide bonds. The van der Waals surface area contributed by atoms with Gasteiger partial charge in [0, 0.05) is 42.4 Å². The van der Waals surface area contributed by atoms with Gasteiger partial charge in [0.05, 0.1) is 47.6 Å². The molecule has 5 rings (SSSR count). The van der Waals surface area contributed by atoms with Crippen LogP contribution in [0.15, 0.2) is 36.4 Å². The van der Waals surface area contributed by atoms with Gasteiger partial charge in [-0.05, 0) is 69.6 Å². The highest BCUT2D eigenvalue weighted by atomic mass is 16.5. The van der Waals surface area contributed by atoms with Gasteiger partial charge in [0.1, 0.15) is 34.5 Å². The second-order valence-electron chi connectivity index (χ2n) is 13.7. The number of primary amides is 2. The number of ether oxygens (including phenoxy) is 2. The van der Waals surface area contributed by atoms with Gasteiger partial charge in [-0.15, -0.1) is 0 Å². The number of benzene rings is 3. The van der Waals surface area contributed by atoms with Crippen molar-refractivity contribution < 1.29 is 58.7 Å². The van der Waals surface area contributed by atoms with Crippen LogP contribution < -0.4 is 42.2 Å². The molecule has 0 atom stereocenters. The number of carbonyl (C=O) groups excluding carboxylic acids is 6. The first-order valence-electron chi connectivity index (χ1n) is 17.8. The highest BCUT2D eigenvalue weighted by molar-refractivity contribution is 6.05. The zero-order chi connectivity index (χ0) is 40.8. The van der Waals surface area contributed by atoms with Gasteiger partial charge in [0.15, 0.2) is 0 Å². The predicted octanol–water partition coefficient (Wildman–Crippen LogP) is 1.67. The minimum absolute atomic E-state index is 0.102. The molecule has 298 valence electrons. The fourth-order valence-corrected chi connectivity index (χ4v) is 6.98. The number of nitrogens with one attached hydrogen (secondary N) is 4. The van der Waals surface area contributed by atoms with Crippen molar-refractivity contribution in [1.29, 1.82) is 0 Å². The molecular weight excluding hydrogens is 732 g/mol. The molecule has 3 aromatic carbocycles. The van der Waals surface area contributed by atoms with Crippen LogP contribution in [-0.2, 0) is 0 Å². The Labute approximate surface area is 320 Å². The van der Waals surface area contributed by atoms with Crippen LogP contribution in [0, 0.1) is 0 Å². The Hall–Kier alpha value is -6.72.